The van der Waals surface area contributed by atoms with Crippen LogP contribution in [0, 0.1) is 28.6 Å². The number of rotatable bonds is 3. The molecule has 1 aromatic heterocycles. The number of aromatic nitrogens is 2. The summed E-state index contributed by atoms with van der Waals surface area (Å²) < 4.78 is 5.33. The van der Waals surface area contributed by atoms with E-state index in [0.29, 0.717) is 36.0 Å². The Hall–Kier alpha value is -2.17. The average Bonchev–Trinajstić information content (AvgIpc) is 3.11. The lowest BCUT2D eigenvalue weighted by atomic mass is 9.49. The predicted molar refractivity (Wildman–Crippen MR) is 116 cm³/mol. The molecule has 0 spiro atoms. The highest BCUT2D eigenvalue weighted by atomic mass is 16.5. The molecule has 1 aromatic rings. The predicted octanol–water partition coefficient (Wildman–Crippen LogP) is 4.86. The van der Waals surface area contributed by atoms with Gasteiger partial charge in [0.25, 0.3) is 0 Å². The Kier molecular flexibility index (Phi) is 4.57. The van der Waals surface area contributed by atoms with E-state index in [9.17, 15) is 4.79 Å². The molecule has 5 rings (SSSR count). The van der Waals surface area contributed by atoms with E-state index in [2.05, 4.69) is 42.8 Å². The second-order valence-corrected chi connectivity index (χ2v) is 10.0. The molecule has 1 amide bonds. The molecule has 1 saturated heterocycles. The number of amides is 1. The Labute approximate surface area is 179 Å². The number of ether oxygens (including phenoxy) is 1. The number of piperidine rings is 1. The van der Waals surface area contributed by atoms with E-state index in [1.165, 1.54) is 24.1 Å². The van der Waals surface area contributed by atoms with Gasteiger partial charge in [0.1, 0.15) is 0 Å². The van der Waals surface area contributed by atoms with E-state index in [1.807, 2.05) is 6.20 Å². The normalized spacial score (nSPS) is 37.7. The van der Waals surface area contributed by atoms with Crippen LogP contribution in [0.1, 0.15) is 65.0 Å². The fourth-order valence-electron chi connectivity index (χ4n) is 7.33. The molecule has 0 N–H and O–H groups in total. The number of likely N-dealkylation sites (tertiary alicyclic amines) is 1. The van der Waals surface area contributed by atoms with Crippen molar-refractivity contribution < 1.29 is 9.53 Å². The van der Waals surface area contributed by atoms with Gasteiger partial charge in [0.05, 0.1) is 25.2 Å². The Morgan fingerprint density at radius 3 is 2.73 bits per heavy atom. The maximum absolute atomic E-state index is 12.5. The summed E-state index contributed by atoms with van der Waals surface area (Å²) in [5.41, 5.74) is 3.91. The molecular weight excluding hydrogens is 374 g/mol. The Bertz CT molecular complexity index is 938. The maximum atomic E-state index is 12.5. The number of carbonyl (C=O) groups excluding carboxylic acids is 1. The maximum Gasteiger partial charge on any atom is 0.232 e. The van der Waals surface area contributed by atoms with Gasteiger partial charge in [0, 0.05) is 24.1 Å². The van der Waals surface area contributed by atoms with Crippen LogP contribution in [0.25, 0.3) is 5.57 Å². The molecular formula is C25H33N3O2. The fraction of sp³-hybridized carbons (Fsp3) is 0.640. The minimum absolute atomic E-state index is 0.132. The molecule has 0 bridgehead atoms. The minimum atomic E-state index is 0.132. The summed E-state index contributed by atoms with van der Waals surface area (Å²) in [4.78, 5) is 23.7. The van der Waals surface area contributed by atoms with E-state index in [0.717, 1.165) is 31.5 Å². The molecule has 2 heterocycles. The van der Waals surface area contributed by atoms with Gasteiger partial charge in [-0.05, 0) is 67.8 Å². The quantitative estimate of drug-likeness (QED) is 0.718. The van der Waals surface area contributed by atoms with Gasteiger partial charge in [0.2, 0.25) is 11.8 Å². The third kappa shape index (κ3) is 2.63. The van der Waals surface area contributed by atoms with Crippen LogP contribution in [0.3, 0.4) is 0 Å². The van der Waals surface area contributed by atoms with Crippen LogP contribution in [0.2, 0.25) is 0 Å². The number of allylic oxidation sites excluding steroid dienone is 4. The van der Waals surface area contributed by atoms with Crippen LogP contribution in [0.15, 0.2) is 30.2 Å². The molecule has 0 unspecified atom stereocenters. The monoisotopic (exact) mass is 407 g/mol. The first kappa shape index (κ1) is 19.8. The first-order valence-electron chi connectivity index (χ1n) is 11.5. The van der Waals surface area contributed by atoms with Crippen molar-refractivity contribution in [3.63, 3.8) is 0 Å². The highest BCUT2D eigenvalue weighted by Gasteiger charge is 2.58. The lowest BCUT2D eigenvalue weighted by Crippen LogP contribution is -2.54. The molecule has 1 saturated carbocycles. The summed E-state index contributed by atoms with van der Waals surface area (Å²) in [6.45, 7) is 7.78. The van der Waals surface area contributed by atoms with E-state index in [4.69, 9.17) is 9.72 Å². The van der Waals surface area contributed by atoms with Crippen LogP contribution in [0.5, 0.6) is 5.88 Å². The zero-order chi connectivity index (χ0) is 21.1. The number of methoxy groups -OCH3 is 1. The molecule has 3 aliphatic carbocycles. The van der Waals surface area contributed by atoms with Crippen LogP contribution >= 0.6 is 0 Å². The third-order valence-corrected chi connectivity index (χ3v) is 8.87. The lowest BCUT2D eigenvalue weighted by Gasteiger charge is -2.58. The van der Waals surface area contributed by atoms with Gasteiger partial charge >= 0.3 is 0 Å². The van der Waals surface area contributed by atoms with Crippen molar-refractivity contribution in [3.05, 3.63) is 35.9 Å². The second-order valence-electron chi connectivity index (χ2n) is 10.0. The Balaban J connectivity index is 1.48. The summed E-state index contributed by atoms with van der Waals surface area (Å²) in [6.07, 6.45) is 14.7. The van der Waals surface area contributed by atoms with Gasteiger partial charge in [-0.1, -0.05) is 26.0 Å². The molecule has 1 aliphatic heterocycles. The van der Waals surface area contributed by atoms with Crippen molar-refractivity contribution in [2.75, 3.05) is 13.7 Å². The second kappa shape index (κ2) is 6.93. The summed E-state index contributed by atoms with van der Waals surface area (Å²) >= 11 is 0. The van der Waals surface area contributed by atoms with E-state index < -0.39 is 0 Å². The Morgan fingerprint density at radius 2 is 1.97 bits per heavy atom. The highest BCUT2D eigenvalue weighted by Crippen LogP contribution is 2.65. The number of hydrogen-bond donors (Lipinski definition) is 0. The summed E-state index contributed by atoms with van der Waals surface area (Å²) in [6, 6.07) is 0. The van der Waals surface area contributed by atoms with Gasteiger partial charge in [-0.2, -0.15) is 0 Å². The molecule has 5 atom stereocenters. The largest absolute Gasteiger partial charge is 0.480 e. The molecule has 4 aliphatic rings. The van der Waals surface area contributed by atoms with Crippen LogP contribution in [-0.4, -0.2) is 34.4 Å². The average molecular weight is 408 g/mol. The van der Waals surface area contributed by atoms with Crippen molar-refractivity contribution in [1.82, 2.24) is 14.9 Å². The first-order chi connectivity index (χ1) is 14.4. The molecule has 30 heavy (non-hydrogen) atoms. The van der Waals surface area contributed by atoms with E-state index >= 15 is 0 Å². The number of hydrogen-bond acceptors (Lipinski definition) is 4. The van der Waals surface area contributed by atoms with Gasteiger partial charge in [-0.25, -0.2) is 4.98 Å². The number of fused-ring (bicyclic) bond motifs is 5. The van der Waals surface area contributed by atoms with Crippen LogP contribution in [-0.2, 0) is 4.79 Å². The van der Waals surface area contributed by atoms with E-state index in [-0.39, 0.29) is 10.8 Å². The van der Waals surface area contributed by atoms with Crippen molar-refractivity contribution in [3.8, 4) is 5.88 Å². The van der Waals surface area contributed by atoms with Crippen LogP contribution in [0.4, 0.5) is 0 Å². The van der Waals surface area contributed by atoms with Gasteiger partial charge < -0.3 is 9.64 Å². The molecule has 5 heteroatoms. The zero-order valence-corrected chi connectivity index (χ0v) is 18.6. The fourth-order valence-corrected chi connectivity index (χ4v) is 7.33. The topological polar surface area (TPSA) is 55.3 Å². The highest BCUT2D eigenvalue weighted by molar-refractivity contribution is 5.80. The third-order valence-electron chi connectivity index (χ3n) is 8.87. The smallest absolute Gasteiger partial charge is 0.232 e. The number of nitrogens with zero attached hydrogens (tertiary/aromatic N) is 3. The van der Waals surface area contributed by atoms with Crippen molar-refractivity contribution in [2.24, 2.45) is 28.6 Å². The SMILES string of the molecule is CCN1C(=O)CC[C@@]2(C)C1=CC[C@@H]1[C@@H]2CC[C@]2(C)C(c3cncc(OC)n3)=CC[C@@H]12. The van der Waals surface area contributed by atoms with Gasteiger partial charge in [-0.15, -0.1) is 0 Å². The van der Waals surface area contributed by atoms with Crippen molar-refractivity contribution in [1.29, 1.82) is 0 Å². The standard InChI is InChI=1S/C25H33N3O2/c1-5-28-21-9-6-16-17-7-8-19(20-14-26-15-22(27-20)30-4)24(17,2)12-10-18(16)25(21,3)13-11-23(28)29/h8-9,14-18H,5-7,10-13H2,1-4H3/t16-,17-,18-,24-,25+/m0/s1. The molecule has 160 valence electrons. The van der Waals surface area contributed by atoms with Crippen molar-refractivity contribution in [2.45, 2.75) is 59.3 Å². The summed E-state index contributed by atoms with van der Waals surface area (Å²) in [7, 11) is 1.65. The molecule has 0 radical (unpaired) electrons. The van der Waals surface area contributed by atoms with E-state index in [1.54, 1.807) is 13.3 Å². The van der Waals surface area contributed by atoms with Crippen molar-refractivity contribution >= 4 is 11.5 Å². The molecule has 5 nitrogen and oxygen atoms in total. The molecule has 0 aromatic carbocycles. The summed E-state index contributed by atoms with van der Waals surface area (Å²) in [5.74, 6) is 2.83. The van der Waals surface area contributed by atoms with Crippen LogP contribution < -0.4 is 4.74 Å². The zero-order valence-electron chi connectivity index (χ0n) is 18.6. The molecule has 2 fully saturated rings. The minimum Gasteiger partial charge on any atom is -0.480 e. The summed E-state index contributed by atoms with van der Waals surface area (Å²) in [5, 5.41) is 0. The first-order valence-corrected chi connectivity index (χ1v) is 11.5. The number of carbonyl (C=O) groups is 1. The Morgan fingerprint density at radius 1 is 1.13 bits per heavy atom. The lowest BCUT2D eigenvalue weighted by molar-refractivity contribution is -0.136. The van der Waals surface area contributed by atoms with Gasteiger partial charge in [-0.3, -0.25) is 9.78 Å². The van der Waals surface area contributed by atoms with Gasteiger partial charge in [0.15, 0.2) is 0 Å².